The fourth-order valence-corrected chi connectivity index (χ4v) is 4.72. The standard InChI is InChI=1S/C15H18N2O4S/c18-14-7-6-13(16-14)15(19)17-9-8-12(10-17)22(20,21)11-4-2-1-3-5-11/h1-5,12-13H,6-10H2,(H,16,18). The van der Waals surface area contributed by atoms with Crippen LogP contribution in [0.2, 0.25) is 0 Å². The minimum Gasteiger partial charge on any atom is -0.344 e. The molecule has 2 saturated heterocycles. The molecule has 0 radical (unpaired) electrons. The van der Waals surface area contributed by atoms with E-state index in [0.717, 1.165) is 0 Å². The van der Waals surface area contributed by atoms with E-state index in [0.29, 0.717) is 30.7 Å². The summed E-state index contributed by atoms with van der Waals surface area (Å²) in [6.07, 6.45) is 1.28. The fraction of sp³-hybridized carbons (Fsp3) is 0.467. The van der Waals surface area contributed by atoms with E-state index in [1.807, 2.05) is 0 Å². The molecule has 2 aliphatic rings. The summed E-state index contributed by atoms with van der Waals surface area (Å²) in [5.41, 5.74) is 0. The lowest BCUT2D eigenvalue weighted by Crippen LogP contribution is -2.44. The maximum atomic E-state index is 12.6. The Morgan fingerprint density at radius 1 is 1.18 bits per heavy atom. The highest BCUT2D eigenvalue weighted by atomic mass is 32.2. The van der Waals surface area contributed by atoms with E-state index >= 15 is 0 Å². The van der Waals surface area contributed by atoms with Crippen LogP contribution in [0.5, 0.6) is 0 Å². The van der Waals surface area contributed by atoms with E-state index in [4.69, 9.17) is 0 Å². The number of carbonyl (C=O) groups excluding carboxylic acids is 2. The Hall–Kier alpha value is -1.89. The van der Waals surface area contributed by atoms with Gasteiger partial charge in [-0.1, -0.05) is 18.2 Å². The summed E-state index contributed by atoms with van der Waals surface area (Å²) in [5.74, 6) is -0.289. The van der Waals surface area contributed by atoms with Crippen molar-refractivity contribution in [1.29, 1.82) is 0 Å². The van der Waals surface area contributed by atoms with Gasteiger partial charge in [-0.15, -0.1) is 0 Å². The molecule has 22 heavy (non-hydrogen) atoms. The minimum atomic E-state index is -3.42. The number of hydrogen-bond acceptors (Lipinski definition) is 4. The number of rotatable bonds is 3. The van der Waals surface area contributed by atoms with E-state index in [9.17, 15) is 18.0 Å². The number of nitrogens with zero attached hydrogens (tertiary/aromatic N) is 1. The highest BCUT2D eigenvalue weighted by molar-refractivity contribution is 7.92. The normalized spacial score (nSPS) is 25.3. The number of nitrogens with one attached hydrogen (secondary N) is 1. The van der Waals surface area contributed by atoms with Gasteiger partial charge in [0.15, 0.2) is 9.84 Å². The van der Waals surface area contributed by atoms with Crippen LogP contribution in [0.4, 0.5) is 0 Å². The maximum absolute atomic E-state index is 12.6. The molecular weight excluding hydrogens is 304 g/mol. The molecule has 2 aliphatic heterocycles. The summed E-state index contributed by atoms with van der Waals surface area (Å²) in [6, 6.07) is 7.82. The summed E-state index contributed by atoms with van der Waals surface area (Å²) in [6.45, 7) is 0.615. The molecule has 2 amide bonds. The van der Waals surface area contributed by atoms with Gasteiger partial charge in [-0.25, -0.2) is 8.42 Å². The van der Waals surface area contributed by atoms with Crippen LogP contribution in [0.3, 0.4) is 0 Å². The van der Waals surface area contributed by atoms with E-state index < -0.39 is 21.1 Å². The van der Waals surface area contributed by atoms with Crippen LogP contribution in [-0.2, 0) is 19.4 Å². The Morgan fingerprint density at radius 2 is 1.91 bits per heavy atom. The van der Waals surface area contributed by atoms with Crippen molar-refractivity contribution in [2.24, 2.45) is 0 Å². The molecule has 0 saturated carbocycles. The lowest BCUT2D eigenvalue weighted by Gasteiger charge is -2.20. The third kappa shape index (κ3) is 2.72. The monoisotopic (exact) mass is 322 g/mol. The van der Waals surface area contributed by atoms with Crippen molar-refractivity contribution in [1.82, 2.24) is 10.2 Å². The Morgan fingerprint density at radius 3 is 2.55 bits per heavy atom. The van der Waals surface area contributed by atoms with E-state index in [-0.39, 0.29) is 18.4 Å². The van der Waals surface area contributed by atoms with Crippen LogP contribution in [0.15, 0.2) is 35.2 Å². The first kappa shape index (κ1) is 15.0. The summed E-state index contributed by atoms with van der Waals surface area (Å²) < 4.78 is 25.1. The van der Waals surface area contributed by atoms with Gasteiger partial charge in [0.2, 0.25) is 11.8 Å². The number of sulfone groups is 1. The zero-order valence-electron chi connectivity index (χ0n) is 12.1. The van der Waals surface area contributed by atoms with Gasteiger partial charge in [0.05, 0.1) is 10.1 Å². The Balaban J connectivity index is 1.70. The SMILES string of the molecule is O=C1CCC(C(=O)N2CCC(S(=O)(=O)c3ccccc3)C2)N1. The van der Waals surface area contributed by atoms with E-state index in [1.54, 1.807) is 35.2 Å². The van der Waals surface area contributed by atoms with Crippen LogP contribution in [0.25, 0.3) is 0 Å². The Kier molecular flexibility index (Phi) is 3.90. The zero-order chi connectivity index (χ0) is 15.7. The van der Waals surface area contributed by atoms with Crippen LogP contribution < -0.4 is 5.32 Å². The topological polar surface area (TPSA) is 83.6 Å². The second-order valence-electron chi connectivity index (χ2n) is 5.71. The Bertz CT molecular complexity index is 687. The van der Waals surface area contributed by atoms with Crippen molar-refractivity contribution in [2.45, 2.75) is 35.4 Å². The average molecular weight is 322 g/mol. The second kappa shape index (κ2) is 5.72. The molecule has 0 aromatic heterocycles. The molecule has 0 bridgehead atoms. The molecule has 2 fully saturated rings. The molecule has 6 nitrogen and oxygen atoms in total. The van der Waals surface area contributed by atoms with Crippen molar-refractivity contribution >= 4 is 21.7 Å². The minimum absolute atomic E-state index is 0.119. The van der Waals surface area contributed by atoms with Crippen molar-refractivity contribution in [3.05, 3.63) is 30.3 Å². The van der Waals surface area contributed by atoms with Gasteiger partial charge in [-0.2, -0.15) is 0 Å². The van der Waals surface area contributed by atoms with E-state index in [1.165, 1.54) is 0 Å². The van der Waals surface area contributed by atoms with Crippen molar-refractivity contribution < 1.29 is 18.0 Å². The van der Waals surface area contributed by atoms with Crippen molar-refractivity contribution in [3.8, 4) is 0 Å². The molecule has 1 aromatic carbocycles. The molecular formula is C15H18N2O4S. The first-order valence-electron chi connectivity index (χ1n) is 7.35. The molecule has 0 spiro atoms. The number of amides is 2. The fourth-order valence-electron chi connectivity index (χ4n) is 3.00. The largest absolute Gasteiger partial charge is 0.344 e. The summed E-state index contributed by atoms with van der Waals surface area (Å²) in [7, 11) is -3.42. The lowest BCUT2D eigenvalue weighted by molar-refractivity contribution is -0.133. The molecule has 118 valence electrons. The van der Waals surface area contributed by atoms with Gasteiger partial charge < -0.3 is 10.2 Å². The number of carbonyl (C=O) groups is 2. The van der Waals surface area contributed by atoms with Gasteiger partial charge in [0.25, 0.3) is 0 Å². The Labute approximate surface area is 129 Å². The van der Waals surface area contributed by atoms with E-state index in [2.05, 4.69) is 5.32 Å². The van der Waals surface area contributed by atoms with Gasteiger partial charge in [-0.3, -0.25) is 9.59 Å². The quantitative estimate of drug-likeness (QED) is 0.870. The van der Waals surface area contributed by atoms with Crippen LogP contribution >= 0.6 is 0 Å². The molecule has 0 aliphatic carbocycles. The average Bonchev–Trinajstić information content (AvgIpc) is 3.17. The smallest absolute Gasteiger partial charge is 0.245 e. The third-order valence-corrected chi connectivity index (χ3v) is 6.45. The van der Waals surface area contributed by atoms with Gasteiger partial charge in [-0.05, 0) is 25.0 Å². The molecule has 1 aromatic rings. The third-order valence-electron chi connectivity index (χ3n) is 4.26. The lowest BCUT2D eigenvalue weighted by atomic mass is 10.2. The second-order valence-corrected chi connectivity index (χ2v) is 7.94. The summed E-state index contributed by atoms with van der Waals surface area (Å²) >= 11 is 0. The number of likely N-dealkylation sites (tertiary alicyclic amines) is 1. The molecule has 2 atom stereocenters. The number of benzene rings is 1. The van der Waals surface area contributed by atoms with Crippen molar-refractivity contribution in [2.75, 3.05) is 13.1 Å². The molecule has 2 heterocycles. The molecule has 2 unspecified atom stereocenters. The van der Waals surface area contributed by atoms with Gasteiger partial charge in [0, 0.05) is 19.5 Å². The summed E-state index contributed by atoms with van der Waals surface area (Å²) in [5, 5.41) is 2.06. The number of hydrogen-bond donors (Lipinski definition) is 1. The van der Waals surface area contributed by atoms with Crippen LogP contribution in [-0.4, -0.2) is 49.5 Å². The summed E-state index contributed by atoms with van der Waals surface area (Å²) in [4.78, 5) is 25.4. The van der Waals surface area contributed by atoms with Crippen LogP contribution in [0.1, 0.15) is 19.3 Å². The zero-order valence-corrected chi connectivity index (χ0v) is 12.9. The molecule has 7 heteroatoms. The van der Waals surface area contributed by atoms with Crippen LogP contribution in [0, 0.1) is 0 Å². The molecule has 1 N–H and O–H groups in total. The first-order valence-corrected chi connectivity index (χ1v) is 8.90. The highest BCUT2D eigenvalue weighted by Crippen LogP contribution is 2.25. The maximum Gasteiger partial charge on any atom is 0.245 e. The van der Waals surface area contributed by atoms with Gasteiger partial charge >= 0.3 is 0 Å². The molecule has 3 rings (SSSR count). The predicted molar refractivity (Wildman–Crippen MR) is 79.8 cm³/mol. The highest BCUT2D eigenvalue weighted by Gasteiger charge is 2.39. The van der Waals surface area contributed by atoms with Gasteiger partial charge in [0.1, 0.15) is 6.04 Å². The van der Waals surface area contributed by atoms with Crippen molar-refractivity contribution in [3.63, 3.8) is 0 Å². The predicted octanol–water partition coefficient (Wildman–Crippen LogP) is 0.340. The first-order chi connectivity index (χ1) is 10.5.